The summed E-state index contributed by atoms with van der Waals surface area (Å²) < 4.78 is 10.9. The zero-order valence-corrected chi connectivity index (χ0v) is 12.6. The molecule has 1 atom stereocenters. The van der Waals surface area contributed by atoms with Crippen LogP contribution in [0.5, 0.6) is 0 Å². The Morgan fingerprint density at radius 1 is 1.58 bits per heavy atom. The van der Waals surface area contributed by atoms with Crippen molar-refractivity contribution >= 4 is 28.0 Å². The summed E-state index contributed by atoms with van der Waals surface area (Å²) >= 11 is 1.33. The molecule has 1 rings (SSSR count). The molecule has 104 valence electrons. The number of amides is 1. The maximum Gasteiger partial charge on any atom is 0.261 e. The lowest BCUT2D eigenvalue weighted by molar-refractivity contribution is 0.0960. The van der Waals surface area contributed by atoms with E-state index in [-0.39, 0.29) is 12.5 Å². The van der Waals surface area contributed by atoms with Crippen LogP contribution in [-0.2, 0) is 10.8 Å². The van der Waals surface area contributed by atoms with Crippen LogP contribution in [0.4, 0.5) is 0 Å². The second kappa shape index (κ2) is 8.10. The second-order valence-electron chi connectivity index (χ2n) is 3.93. The van der Waals surface area contributed by atoms with Crippen LogP contribution in [0, 0.1) is 18.8 Å². The minimum atomic E-state index is -0.900. The molecular formula is C13H17NO3S2. The number of hydrogen-bond acceptors (Lipinski definition) is 4. The molecule has 0 aliphatic carbocycles. The Morgan fingerprint density at radius 2 is 2.32 bits per heavy atom. The van der Waals surface area contributed by atoms with Crippen molar-refractivity contribution in [3.05, 3.63) is 21.4 Å². The highest BCUT2D eigenvalue weighted by atomic mass is 32.2. The van der Waals surface area contributed by atoms with Gasteiger partial charge in [-0.15, -0.1) is 11.3 Å². The van der Waals surface area contributed by atoms with Crippen LogP contribution < -0.4 is 5.32 Å². The number of aliphatic hydroxyl groups is 1. The lowest BCUT2D eigenvalue weighted by Crippen LogP contribution is -2.26. The topological polar surface area (TPSA) is 66.4 Å². The van der Waals surface area contributed by atoms with Crippen LogP contribution in [-0.4, -0.2) is 40.4 Å². The third-order valence-corrected chi connectivity index (χ3v) is 4.19. The average Bonchev–Trinajstić information content (AvgIpc) is 2.71. The van der Waals surface area contributed by atoms with Gasteiger partial charge in [-0.25, -0.2) is 0 Å². The van der Waals surface area contributed by atoms with E-state index in [4.69, 9.17) is 5.11 Å². The summed E-state index contributed by atoms with van der Waals surface area (Å²) in [7, 11) is -0.900. The van der Waals surface area contributed by atoms with Crippen LogP contribution in [0.2, 0.25) is 0 Å². The molecule has 0 spiro atoms. The van der Waals surface area contributed by atoms with Crippen LogP contribution in [0.1, 0.15) is 26.5 Å². The van der Waals surface area contributed by atoms with E-state index in [1.807, 2.05) is 6.92 Å². The zero-order chi connectivity index (χ0) is 14.3. The standard InChI is InChI=1S/C13H17NO3S2/c1-10-9-12(13(16)14-6-8-19(2)17)18-11(10)5-3-4-7-15/h9,15H,4,6-8H2,1-2H3,(H,14,16). The fraction of sp³-hybridized carbons (Fsp3) is 0.462. The molecule has 1 heterocycles. The molecule has 0 aliphatic heterocycles. The number of carbonyl (C=O) groups is 1. The smallest absolute Gasteiger partial charge is 0.261 e. The number of carbonyl (C=O) groups excluding carboxylic acids is 1. The van der Waals surface area contributed by atoms with Crippen molar-refractivity contribution in [3.63, 3.8) is 0 Å². The van der Waals surface area contributed by atoms with Crippen molar-refractivity contribution in [2.24, 2.45) is 0 Å². The van der Waals surface area contributed by atoms with Gasteiger partial charge in [-0.05, 0) is 18.6 Å². The Labute approximate surface area is 119 Å². The highest BCUT2D eigenvalue weighted by molar-refractivity contribution is 7.84. The third kappa shape index (κ3) is 5.55. The van der Waals surface area contributed by atoms with Crippen molar-refractivity contribution < 1.29 is 14.1 Å². The maximum atomic E-state index is 11.8. The van der Waals surface area contributed by atoms with Crippen molar-refractivity contribution in [3.8, 4) is 11.8 Å². The lowest BCUT2D eigenvalue weighted by atomic mass is 10.2. The fourth-order valence-corrected chi connectivity index (χ4v) is 2.67. The van der Waals surface area contributed by atoms with Gasteiger partial charge in [0.1, 0.15) is 0 Å². The van der Waals surface area contributed by atoms with Gasteiger partial charge in [0.15, 0.2) is 0 Å². The summed E-state index contributed by atoms with van der Waals surface area (Å²) in [5.74, 6) is 6.08. The number of hydrogen-bond donors (Lipinski definition) is 2. The highest BCUT2D eigenvalue weighted by Crippen LogP contribution is 2.20. The lowest BCUT2D eigenvalue weighted by Gasteiger charge is -2.00. The second-order valence-corrected chi connectivity index (χ2v) is 6.54. The van der Waals surface area contributed by atoms with Crippen molar-refractivity contribution in [1.82, 2.24) is 5.32 Å². The molecule has 1 aromatic heterocycles. The van der Waals surface area contributed by atoms with E-state index in [0.29, 0.717) is 23.6 Å². The molecule has 19 heavy (non-hydrogen) atoms. The fourth-order valence-electron chi connectivity index (χ4n) is 1.31. The van der Waals surface area contributed by atoms with Crippen molar-refractivity contribution in [2.45, 2.75) is 13.3 Å². The molecule has 2 N–H and O–H groups in total. The van der Waals surface area contributed by atoms with E-state index in [0.717, 1.165) is 10.4 Å². The Kier molecular flexibility index (Phi) is 6.78. The van der Waals surface area contributed by atoms with Crippen LogP contribution in [0.15, 0.2) is 6.07 Å². The Bertz CT molecular complexity index is 526. The molecule has 0 aromatic carbocycles. The van der Waals surface area contributed by atoms with Gasteiger partial charge in [0.25, 0.3) is 5.91 Å². The zero-order valence-electron chi connectivity index (χ0n) is 11.0. The summed E-state index contributed by atoms with van der Waals surface area (Å²) in [6, 6.07) is 1.80. The normalized spacial score (nSPS) is 11.5. The first kappa shape index (κ1) is 15.9. The Morgan fingerprint density at radius 3 is 2.95 bits per heavy atom. The van der Waals surface area contributed by atoms with E-state index in [2.05, 4.69) is 17.2 Å². The first-order valence-electron chi connectivity index (χ1n) is 5.83. The molecule has 6 heteroatoms. The summed E-state index contributed by atoms with van der Waals surface area (Å²) in [6.07, 6.45) is 2.04. The molecule has 0 fully saturated rings. The van der Waals surface area contributed by atoms with E-state index >= 15 is 0 Å². The first-order chi connectivity index (χ1) is 9.04. The SMILES string of the molecule is Cc1cc(C(=O)NCCS(C)=O)sc1C#CCCO. The molecule has 0 aliphatic rings. The van der Waals surface area contributed by atoms with Gasteiger partial charge >= 0.3 is 0 Å². The van der Waals surface area contributed by atoms with Crippen LogP contribution in [0.3, 0.4) is 0 Å². The average molecular weight is 299 g/mol. The van der Waals surface area contributed by atoms with E-state index in [1.54, 1.807) is 12.3 Å². The predicted molar refractivity (Wildman–Crippen MR) is 78.9 cm³/mol. The Hall–Kier alpha value is -1.16. The quantitative estimate of drug-likeness (QED) is 0.794. The number of nitrogens with one attached hydrogen (secondary N) is 1. The van der Waals surface area contributed by atoms with E-state index < -0.39 is 10.8 Å². The third-order valence-electron chi connectivity index (χ3n) is 2.26. The van der Waals surface area contributed by atoms with Gasteiger partial charge < -0.3 is 10.4 Å². The minimum absolute atomic E-state index is 0.0406. The summed E-state index contributed by atoms with van der Waals surface area (Å²) in [6.45, 7) is 2.35. The van der Waals surface area contributed by atoms with Crippen molar-refractivity contribution in [1.29, 1.82) is 0 Å². The minimum Gasteiger partial charge on any atom is -0.395 e. The van der Waals surface area contributed by atoms with Gasteiger partial charge in [0, 0.05) is 35.8 Å². The summed E-state index contributed by atoms with van der Waals surface area (Å²) in [5, 5.41) is 11.4. The first-order valence-corrected chi connectivity index (χ1v) is 8.37. The molecular weight excluding hydrogens is 282 g/mol. The number of rotatable bonds is 5. The van der Waals surface area contributed by atoms with E-state index in [1.165, 1.54) is 11.3 Å². The molecule has 0 bridgehead atoms. The van der Waals surface area contributed by atoms with Gasteiger partial charge in [-0.1, -0.05) is 11.8 Å². The number of aryl methyl sites for hydroxylation is 1. The van der Waals surface area contributed by atoms with Gasteiger partial charge in [0.05, 0.1) is 16.4 Å². The molecule has 4 nitrogen and oxygen atoms in total. The molecule has 1 aromatic rings. The van der Waals surface area contributed by atoms with Crippen molar-refractivity contribution in [2.75, 3.05) is 25.2 Å². The Balaban J connectivity index is 2.64. The monoisotopic (exact) mass is 299 g/mol. The van der Waals surface area contributed by atoms with E-state index in [9.17, 15) is 9.00 Å². The maximum absolute atomic E-state index is 11.8. The molecule has 1 amide bonds. The number of aliphatic hydroxyl groups excluding tert-OH is 1. The van der Waals surface area contributed by atoms with Crippen LogP contribution >= 0.6 is 11.3 Å². The summed E-state index contributed by atoms with van der Waals surface area (Å²) in [4.78, 5) is 13.3. The van der Waals surface area contributed by atoms with Gasteiger partial charge in [-0.3, -0.25) is 9.00 Å². The largest absolute Gasteiger partial charge is 0.395 e. The summed E-state index contributed by atoms with van der Waals surface area (Å²) in [5.41, 5.74) is 0.958. The van der Waals surface area contributed by atoms with Gasteiger partial charge in [-0.2, -0.15) is 0 Å². The predicted octanol–water partition coefficient (Wildman–Crippen LogP) is 0.899. The molecule has 0 radical (unpaired) electrons. The van der Waals surface area contributed by atoms with Crippen LogP contribution in [0.25, 0.3) is 0 Å². The molecule has 0 saturated heterocycles. The molecule has 0 saturated carbocycles. The molecule has 1 unspecified atom stereocenters. The number of thiophene rings is 1. The highest BCUT2D eigenvalue weighted by Gasteiger charge is 2.11. The van der Waals surface area contributed by atoms with Gasteiger partial charge in [0.2, 0.25) is 0 Å².